The highest BCUT2D eigenvalue weighted by molar-refractivity contribution is 6.34. The SMILES string of the molecule is CN(C)C=C1C(=O)N(c2cccc(C=O)c2)c2ccccc21. The van der Waals surface area contributed by atoms with Gasteiger partial charge in [0.1, 0.15) is 6.29 Å². The maximum Gasteiger partial charge on any atom is 0.265 e. The van der Waals surface area contributed by atoms with E-state index in [1.54, 1.807) is 23.1 Å². The summed E-state index contributed by atoms with van der Waals surface area (Å²) < 4.78 is 0. The van der Waals surface area contributed by atoms with Gasteiger partial charge in [0.25, 0.3) is 5.91 Å². The summed E-state index contributed by atoms with van der Waals surface area (Å²) in [5, 5.41) is 0. The van der Waals surface area contributed by atoms with Crippen LogP contribution in [-0.2, 0) is 4.79 Å². The number of nitrogens with zero attached hydrogens (tertiary/aromatic N) is 2. The second kappa shape index (κ2) is 5.48. The number of rotatable bonds is 3. The molecule has 4 nitrogen and oxygen atoms in total. The van der Waals surface area contributed by atoms with Crippen molar-refractivity contribution in [1.29, 1.82) is 0 Å². The van der Waals surface area contributed by atoms with Crippen molar-refractivity contribution in [2.75, 3.05) is 19.0 Å². The summed E-state index contributed by atoms with van der Waals surface area (Å²) in [5.74, 6) is -0.0852. The van der Waals surface area contributed by atoms with Gasteiger partial charge in [-0.1, -0.05) is 30.3 Å². The molecule has 0 bridgehead atoms. The minimum absolute atomic E-state index is 0.0852. The van der Waals surface area contributed by atoms with Crippen LogP contribution in [0.15, 0.2) is 54.7 Å². The van der Waals surface area contributed by atoms with E-state index in [1.807, 2.05) is 55.5 Å². The Bertz CT molecular complexity index is 778. The van der Waals surface area contributed by atoms with Gasteiger partial charge in [-0.3, -0.25) is 14.5 Å². The van der Waals surface area contributed by atoms with Crippen LogP contribution in [0, 0.1) is 0 Å². The number of carbonyl (C=O) groups excluding carboxylic acids is 2. The first-order valence-corrected chi connectivity index (χ1v) is 6.99. The molecule has 110 valence electrons. The lowest BCUT2D eigenvalue weighted by Crippen LogP contribution is -2.21. The molecule has 0 aliphatic carbocycles. The van der Waals surface area contributed by atoms with E-state index >= 15 is 0 Å². The molecule has 3 rings (SSSR count). The number of amides is 1. The second-order valence-corrected chi connectivity index (χ2v) is 5.38. The van der Waals surface area contributed by atoms with Gasteiger partial charge >= 0.3 is 0 Å². The van der Waals surface area contributed by atoms with Crippen LogP contribution >= 0.6 is 0 Å². The molecule has 0 fully saturated rings. The number of hydrogen-bond acceptors (Lipinski definition) is 3. The molecule has 0 unspecified atom stereocenters. The van der Waals surface area contributed by atoms with E-state index in [1.165, 1.54) is 0 Å². The van der Waals surface area contributed by atoms with E-state index in [-0.39, 0.29) is 5.91 Å². The van der Waals surface area contributed by atoms with Crippen LogP contribution in [0.4, 0.5) is 11.4 Å². The molecule has 4 heteroatoms. The van der Waals surface area contributed by atoms with Gasteiger partial charge in [-0.05, 0) is 18.2 Å². The first-order chi connectivity index (χ1) is 10.6. The molecule has 0 N–H and O–H groups in total. The van der Waals surface area contributed by atoms with Gasteiger partial charge in [-0.15, -0.1) is 0 Å². The summed E-state index contributed by atoms with van der Waals surface area (Å²) >= 11 is 0. The fourth-order valence-electron chi connectivity index (χ4n) is 2.62. The minimum atomic E-state index is -0.0852. The number of para-hydroxylation sites is 1. The smallest absolute Gasteiger partial charge is 0.265 e. The fourth-order valence-corrected chi connectivity index (χ4v) is 2.62. The van der Waals surface area contributed by atoms with Gasteiger partial charge < -0.3 is 4.90 Å². The Morgan fingerprint density at radius 2 is 1.82 bits per heavy atom. The Kier molecular flexibility index (Phi) is 3.51. The summed E-state index contributed by atoms with van der Waals surface area (Å²) in [6, 6.07) is 14.7. The lowest BCUT2D eigenvalue weighted by Gasteiger charge is -2.17. The van der Waals surface area contributed by atoms with Crippen LogP contribution in [-0.4, -0.2) is 31.2 Å². The van der Waals surface area contributed by atoms with Crippen molar-refractivity contribution in [2.45, 2.75) is 0 Å². The highest BCUT2D eigenvalue weighted by Gasteiger charge is 2.33. The minimum Gasteiger partial charge on any atom is -0.383 e. The number of hydrogen-bond donors (Lipinski definition) is 0. The number of anilines is 2. The van der Waals surface area contributed by atoms with Crippen LogP contribution in [0.2, 0.25) is 0 Å². The molecule has 22 heavy (non-hydrogen) atoms. The Morgan fingerprint density at radius 1 is 1.05 bits per heavy atom. The van der Waals surface area contributed by atoms with Crippen molar-refractivity contribution in [3.63, 3.8) is 0 Å². The number of carbonyl (C=O) groups is 2. The third kappa shape index (κ3) is 2.29. The Morgan fingerprint density at radius 3 is 2.55 bits per heavy atom. The lowest BCUT2D eigenvalue weighted by atomic mass is 10.1. The van der Waals surface area contributed by atoms with Gasteiger partial charge in [-0.25, -0.2) is 0 Å². The molecule has 1 aliphatic heterocycles. The standard InChI is InChI=1S/C18H16N2O2/c1-19(2)11-16-15-8-3-4-9-17(15)20(18(16)22)14-7-5-6-13(10-14)12-21/h3-12H,1-2H3. The molecule has 1 heterocycles. The molecule has 1 amide bonds. The van der Waals surface area contributed by atoms with E-state index < -0.39 is 0 Å². The van der Waals surface area contributed by atoms with Gasteiger partial charge in [0.05, 0.1) is 11.3 Å². The predicted molar refractivity (Wildman–Crippen MR) is 87.1 cm³/mol. The van der Waals surface area contributed by atoms with E-state index in [2.05, 4.69) is 0 Å². The van der Waals surface area contributed by atoms with E-state index in [0.29, 0.717) is 16.8 Å². The molecule has 0 saturated carbocycles. The van der Waals surface area contributed by atoms with E-state index in [4.69, 9.17) is 0 Å². The summed E-state index contributed by atoms with van der Waals surface area (Å²) in [5.41, 5.74) is 3.63. The molecule has 2 aromatic rings. The van der Waals surface area contributed by atoms with Crippen molar-refractivity contribution in [3.05, 3.63) is 65.9 Å². The normalized spacial score (nSPS) is 15.1. The maximum atomic E-state index is 12.8. The number of fused-ring (bicyclic) bond motifs is 1. The summed E-state index contributed by atoms with van der Waals surface area (Å²) in [4.78, 5) is 27.3. The number of aldehydes is 1. The topological polar surface area (TPSA) is 40.6 Å². The Hall–Kier alpha value is -2.88. The summed E-state index contributed by atoms with van der Waals surface area (Å²) in [6.45, 7) is 0. The maximum absolute atomic E-state index is 12.8. The fraction of sp³-hybridized carbons (Fsp3) is 0.111. The quantitative estimate of drug-likeness (QED) is 0.645. The average molecular weight is 292 g/mol. The zero-order valence-corrected chi connectivity index (χ0v) is 12.5. The van der Waals surface area contributed by atoms with Gasteiger partial charge in [0.15, 0.2) is 0 Å². The van der Waals surface area contributed by atoms with Crippen molar-refractivity contribution < 1.29 is 9.59 Å². The van der Waals surface area contributed by atoms with Crippen LogP contribution in [0.25, 0.3) is 5.57 Å². The predicted octanol–water partition coefficient (Wildman–Crippen LogP) is 3.08. The van der Waals surface area contributed by atoms with Crippen molar-refractivity contribution >= 4 is 29.1 Å². The van der Waals surface area contributed by atoms with E-state index in [0.717, 1.165) is 17.5 Å². The molecule has 2 aromatic carbocycles. The first-order valence-electron chi connectivity index (χ1n) is 6.99. The van der Waals surface area contributed by atoms with Crippen LogP contribution < -0.4 is 4.90 Å². The van der Waals surface area contributed by atoms with E-state index in [9.17, 15) is 9.59 Å². The van der Waals surface area contributed by atoms with Crippen LogP contribution in [0.5, 0.6) is 0 Å². The first kappa shape index (κ1) is 14.1. The number of benzene rings is 2. The molecule has 0 saturated heterocycles. The lowest BCUT2D eigenvalue weighted by molar-refractivity contribution is -0.112. The third-order valence-corrected chi connectivity index (χ3v) is 3.52. The molecule has 0 spiro atoms. The monoisotopic (exact) mass is 292 g/mol. The molecule has 0 atom stereocenters. The van der Waals surface area contributed by atoms with Crippen LogP contribution in [0.1, 0.15) is 15.9 Å². The molecular weight excluding hydrogens is 276 g/mol. The third-order valence-electron chi connectivity index (χ3n) is 3.52. The van der Waals surface area contributed by atoms with Crippen molar-refractivity contribution in [2.24, 2.45) is 0 Å². The molecule has 0 radical (unpaired) electrons. The summed E-state index contributed by atoms with van der Waals surface area (Å²) in [7, 11) is 3.77. The Labute approximate surface area is 129 Å². The van der Waals surface area contributed by atoms with Gasteiger partial charge in [0, 0.05) is 37.1 Å². The zero-order valence-electron chi connectivity index (χ0n) is 12.5. The summed E-state index contributed by atoms with van der Waals surface area (Å²) in [6.07, 6.45) is 2.61. The highest BCUT2D eigenvalue weighted by Crippen LogP contribution is 2.41. The molecule has 0 aromatic heterocycles. The van der Waals surface area contributed by atoms with Crippen molar-refractivity contribution in [1.82, 2.24) is 4.90 Å². The second-order valence-electron chi connectivity index (χ2n) is 5.38. The largest absolute Gasteiger partial charge is 0.383 e. The van der Waals surface area contributed by atoms with Crippen molar-refractivity contribution in [3.8, 4) is 0 Å². The van der Waals surface area contributed by atoms with Gasteiger partial charge in [-0.2, -0.15) is 0 Å². The Balaban J connectivity index is 2.17. The molecular formula is C18H16N2O2. The average Bonchev–Trinajstić information content (AvgIpc) is 2.79. The highest BCUT2D eigenvalue weighted by atomic mass is 16.2. The zero-order chi connectivity index (χ0) is 15.7. The van der Waals surface area contributed by atoms with Crippen LogP contribution in [0.3, 0.4) is 0 Å². The van der Waals surface area contributed by atoms with Gasteiger partial charge in [0.2, 0.25) is 0 Å². The molecule has 1 aliphatic rings.